The maximum Gasteiger partial charge on any atom is 0.321 e. The van der Waals surface area contributed by atoms with Crippen molar-refractivity contribution in [3.63, 3.8) is 0 Å². The van der Waals surface area contributed by atoms with Crippen LogP contribution in [0.5, 0.6) is 11.8 Å². The normalized spacial score (nSPS) is 10.3. The predicted octanol–water partition coefficient (Wildman–Crippen LogP) is 3.23. The van der Waals surface area contributed by atoms with Gasteiger partial charge in [-0.25, -0.2) is 9.97 Å². The summed E-state index contributed by atoms with van der Waals surface area (Å²) in [6.45, 7) is 3.84. The molecule has 0 aliphatic rings. The molecule has 2 aromatic rings. The summed E-state index contributed by atoms with van der Waals surface area (Å²) in [5.74, 6) is 0.594. The first-order chi connectivity index (χ1) is 8.06. The Kier molecular flexibility index (Phi) is 3.28. The van der Waals surface area contributed by atoms with Crippen LogP contribution in [0.4, 0.5) is 5.69 Å². The lowest BCUT2D eigenvalue weighted by Gasteiger charge is -2.10. The molecular formula is C12H12BrN3O. The van der Waals surface area contributed by atoms with E-state index in [1.165, 1.54) is 0 Å². The fraction of sp³-hybridized carbons (Fsp3) is 0.167. The highest BCUT2D eigenvalue weighted by atomic mass is 79.9. The lowest BCUT2D eigenvalue weighted by Crippen LogP contribution is -1.98. The Labute approximate surface area is 108 Å². The highest BCUT2D eigenvalue weighted by molar-refractivity contribution is 9.10. The first-order valence-corrected chi connectivity index (χ1v) is 5.87. The van der Waals surface area contributed by atoms with Gasteiger partial charge in [0.15, 0.2) is 5.75 Å². The number of anilines is 1. The van der Waals surface area contributed by atoms with Crippen LogP contribution in [0.2, 0.25) is 0 Å². The number of nitrogens with zero attached hydrogens (tertiary/aromatic N) is 2. The zero-order valence-electron chi connectivity index (χ0n) is 9.57. The fourth-order valence-corrected chi connectivity index (χ4v) is 2.01. The molecule has 2 rings (SSSR count). The molecule has 0 saturated carbocycles. The average molecular weight is 294 g/mol. The van der Waals surface area contributed by atoms with Gasteiger partial charge in [0.25, 0.3) is 0 Å². The van der Waals surface area contributed by atoms with Gasteiger partial charge in [0.1, 0.15) is 0 Å². The van der Waals surface area contributed by atoms with Crippen molar-refractivity contribution in [2.24, 2.45) is 0 Å². The molecule has 0 unspecified atom stereocenters. The van der Waals surface area contributed by atoms with Gasteiger partial charge in [0.2, 0.25) is 0 Å². The summed E-state index contributed by atoms with van der Waals surface area (Å²) in [6.07, 6.45) is 3.40. The molecule has 4 nitrogen and oxygen atoms in total. The molecule has 0 amide bonds. The summed E-state index contributed by atoms with van der Waals surface area (Å²) in [7, 11) is 0. The molecule has 0 radical (unpaired) electrons. The minimum Gasteiger partial charge on any atom is -0.422 e. The third kappa shape index (κ3) is 2.74. The van der Waals surface area contributed by atoms with Crippen LogP contribution >= 0.6 is 15.9 Å². The molecule has 0 bridgehead atoms. The molecule has 5 heteroatoms. The zero-order valence-corrected chi connectivity index (χ0v) is 11.2. The quantitative estimate of drug-likeness (QED) is 0.864. The van der Waals surface area contributed by atoms with Gasteiger partial charge < -0.3 is 10.5 Å². The Morgan fingerprint density at radius 3 is 2.41 bits per heavy atom. The van der Waals surface area contributed by atoms with Crippen molar-refractivity contribution in [2.75, 3.05) is 5.73 Å². The molecule has 0 spiro atoms. The van der Waals surface area contributed by atoms with Crippen molar-refractivity contribution in [3.8, 4) is 11.8 Å². The summed E-state index contributed by atoms with van der Waals surface area (Å²) in [5.41, 5.74) is 8.36. The maximum atomic E-state index is 5.89. The van der Waals surface area contributed by atoms with Crippen LogP contribution in [0, 0.1) is 13.8 Å². The van der Waals surface area contributed by atoms with Gasteiger partial charge in [-0.15, -0.1) is 0 Å². The Bertz CT molecular complexity index is 517. The monoisotopic (exact) mass is 293 g/mol. The van der Waals surface area contributed by atoms with Crippen LogP contribution < -0.4 is 10.5 Å². The van der Waals surface area contributed by atoms with Crippen LogP contribution in [-0.4, -0.2) is 9.97 Å². The molecule has 0 saturated heterocycles. The second-order valence-electron chi connectivity index (χ2n) is 3.79. The smallest absolute Gasteiger partial charge is 0.321 e. The van der Waals surface area contributed by atoms with Gasteiger partial charge in [0.05, 0.1) is 5.69 Å². The van der Waals surface area contributed by atoms with Crippen LogP contribution in [-0.2, 0) is 0 Å². The second-order valence-corrected chi connectivity index (χ2v) is 4.70. The number of hydrogen-bond acceptors (Lipinski definition) is 4. The number of aromatic nitrogens is 2. The topological polar surface area (TPSA) is 61.0 Å². The SMILES string of the molecule is Cc1cnc(Oc2c(C)cc(Br)cc2N)nc1. The van der Waals surface area contributed by atoms with Crippen molar-refractivity contribution in [1.82, 2.24) is 9.97 Å². The average Bonchev–Trinajstić information content (AvgIpc) is 2.26. The molecule has 1 aromatic carbocycles. The van der Waals surface area contributed by atoms with Crippen molar-refractivity contribution in [3.05, 3.63) is 40.1 Å². The summed E-state index contributed by atoms with van der Waals surface area (Å²) in [5, 5.41) is 0. The number of aryl methyl sites for hydroxylation is 2. The number of nitrogen functional groups attached to an aromatic ring is 1. The van der Waals surface area contributed by atoms with Crippen LogP contribution in [0.15, 0.2) is 29.0 Å². The number of nitrogens with two attached hydrogens (primary N) is 1. The second kappa shape index (κ2) is 4.71. The minimum atomic E-state index is 0.299. The van der Waals surface area contributed by atoms with E-state index in [0.717, 1.165) is 15.6 Å². The number of halogens is 1. The van der Waals surface area contributed by atoms with Crippen molar-refractivity contribution in [2.45, 2.75) is 13.8 Å². The first-order valence-electron chi connectivity index (χ1n) is 5.08. The van der Waals surface area contributed by atoms with E-state index < -0.39 is 0 Å². The maximum absolute atomic E-state index is 5.89. The van der Waals surface area contributed by atoms with Crippen molar-refractivity contribution >= 4 is 21.6 Å². The number of ether oxygens (including phenoxy) is 1. The Morgan fingerprint density at radius 2 is 1.82 bits per heavy atom. The summed E-state index contributed by atoms with van der Waals surface area (Å²) in [6, 6.07) is 4.02. The van der Waals surface area contributed by atoms with E-state index in [9.17, 15) is 0 Å². The molecule has 1 heterocycles. The minimum absolute atomic E-state index is 0.299. The van der Waals surface area contributed by atoms with E-state index in [0.29, 0.717) is 17.4 Å². The lowest BCUT2D eigenvalue weighted by atomic mass is 10.2. The standard InChI is InChI=1S/C12H12BrN3O/c1-7-5-15-12(16-6-7)17-11-8(2)3-9(13)4-10(11)14/h3-6H,14H2,1-2H3. The van der Waals surface area contributed by atoms with E-state index >= 15 is 0 Å². The van der Waals surface area contributed by atoms with Gasteiger partial charge >= 0.3 is 6.01 Å². The van der Waals surface area contributed by atoms with E-state index in [2.05, 4.69) is 25.9 Å². The summed E-state index contributed by atoms with van der Waals surface area (Å²) < 4.78 is 6.50. The van der Waals surface area contributed by atoms with Gasteiger partial charge in [-0.1, -0.05) is 15.9 Å². The third-order valence-corrected chi connectivity index (χ3v) is 2.68. The molecular weight excluding hydrogens is 282 g/mol. The lowest BCUT2D eigenvalue weighted by molar-refractivity contribution is 0.440. The van der Waals surface area contributed by atoms with Gasteiger partial charge in [-0.3, -0.25) is 0 Å². The number of hydrogen-bond donors (Lipinski definition) is 1. The van der Waals surface area contributed by atoms with Crippen LogP contribution in [0.25, 0.3) is 0 Å². The number of benzene rings is 1. The molecule has 0 atom stereocenters. The molecule has 17 heavy (non-hydrogen) atoms. The molecule has 0 aliphatic carbocycles. The fourth-order valence-electron chi connectivity index (χ4n) is 1.42. The van der Waals surface area contributed by atoms with Crippen LogP contribution in [0.3, 0.4) is 0 Å². The summed E-state index contributed by atoms with van der Waals surface area (Å²) >= 11 is 3.38. The van der Waals surface area contributed by atoms with Crippen molar-refractivity contribution < 1.29 is 4.74 Å². The largest absolute Gasteiger partial charge is 0.422 e. The molecule has 1 aromatic heterocycles. The highest BCUT2D eigenvalue weighted by Crippen LogP contribution is 2.32. The molecule has 88 valence electrons. The van der Waals surface area contributed by atoms with Crippen LogP contribution in [0.1, 0.15) is 11.1 Å². The van der Waals surface area contributed by atoms with E-state index in [-0.39, 0.29) is 0 Å². The van der Waals surface area contributed by atoms with Gasteiger partial charge in [-0.2, -0.15) is 0 Å². The zero-order chi connectivity index (χ0) is 12.4. The molecule has 2 N–H and O–H groups in total. The Hall–Kier alpha value is -1.62. The number of rotatable bonds is 2. The highest BCUT2D eigenvalue weighted by Gasteiger charge is 2.09. The predicted molar refractivity (Wildman–Crippen MR) is 70.1 cm³/mol. The van der Waals surface area contributed by atoms with E-state index in [1.54, 1.807) is 18.5 Å². The summed E-state index contributed by atoms with van der Waals surface area (Å²) in [4.78, 5) is 8.16. The molecule has 0 aliphatic heterocycles. The Morgan fingerprint density at radius 1 is 1.18 bits per heavy atom. The third-order valence-electron chi connectivity index (χ3n) is 2.22. The first kappa shape index (κ1) is 11.9. The van der Waals surface area contributed by atoms with Crippen molar-refractivity contribution in [1.29, 1.82) is 0 Å². The van der Waals surface area contributed by atoms with Gasteiger partial charge in [0, 0.05) is 16.9 Å². The van der Waals surface area contributed by atoms with E-state index in [4.69, 9.17) is 10.5 Å². The molecule has 0 fully saturated rings. The van der Waals surface area contributed by atoms with Gasteiger partial charge in [-0.05, 0) is 37.1 Å². The van der Waals surface area contributed by atoms with E-state index in [1.807, 2.05) is 19.9 Å². The Balaban J connectivity index is 2.33.